The minimum Gasteiger partial charge on any atom is -0.439 e. The summed E-state index contributed by atoms with van der Waals surface area (Å²) in [4.78, 5) is 27.7. The van der Waals surface area contributed by atoms with E-state index in [1.807, 2.05) is 30.3 Å². The summed E-state index contributed by atoms with van der Waals surface area (Å²) < 4.78 is 5.56. The number of likely N-dealkylation sites (tertiary alicyclic amines) is 1. The third-order valence-electron chi connectivity index (χ3n) is 5.18. The topological polar surface area (TPSA) is 90.6 Å². The number of aromatic amines is 1. The van der Waals surface area contributed by atoms with Gasteiger partial charge in [0.05, 0.1) is 25.0 Å². The first-order valence-electron chi connectivity index (χ1n) is 9.11. The summed E-state index contributed by atoms with van der Waals surface area (Å²) in [5.41, 5.74) is 2.27. The van der Waals surface area contributed by atoms with Crippen molar-refractivity contribution in [1.29, 1.82) is 0 Å². The van der Waals surface area contributed by atoms with Gasteiger partial charge in [0.1, 0.15) is 5.60 Å². The van der Waals surface area contributed by atoms with E-state index in [4.69, 9.17) is 4.74 Å². The number of carbonyl (C=O) groups excluding carboxylic acids is 2. The maximum Gasteiger partial charge on any atom is 0.410 e. The molecule has 3 amide bonds. The fourth-order valence-electron chi connectivity index (χ4n) is 3.86. The number of urea groups is 1. The van der Waals surface area contributed by atoms with E-state index in [1.54, 1.807) is 23.0 Å². The number of hydrogen-bond acceptors (Lipinski definition) is 4. The molecule has 0 unspecified atom stereocenters. The highest BCUT2D eigenvalue weighted by Gasteiger charge is 2.47. The number of aromatic nitrogens is 2. The van der Waals surface area contributed by atoms with E-state index in [0.717, 1.165) is 29.7 Å². The summed E-state index contributed by atoms with van der Waals surface area (Å²) in [5.74, 6) is 0. The van der Waals surface area contributed by atoms with Crippen LogP contribution < -0.4 is 5.32 Å². The Hall–Kier alpha value is -3.03. The van der Waals surface area contributed by atoms with Crippen LogP contribution in [-0.4, -0.2) is 64.4 Å². The predicted molar refractivity (Wildman–Crippen MR) is 98.9 cm³/mol. The van der Waals surface area contributed by atoms with E-state index >= 15 is 0 Å². The van der Waals surface area contributed by atoms with E-state index in [-0.39, 0.29) is 12.1 Å². The molecule has 1 spiro atoms. The monoisotopic (exact) mass is 369 g/mol. The average Bonchev–Trinajstić information content (AvgIpc) is 3.25. The van der Waals surface area contributed by atoms with Crippen molar-refractivity contribution in [2.45, 2.75) is 25.0 Å². The van der Waals surface area contributed by atoms with Crippen molar-refractivity contribution in [3.05, 3.63) is 42.1 Å². The molecule has 2 fully saturated rings. The number of benzene rings is 1. The Morgan fingerprint density at radius 2 is 2.15 bits per heavy atom. The molecule has 0 radical (unpaired) electrons. The van der Waals surface area contributed by atoms with Crippen molar-refractivity contribution in [3.63, 3.8) is 0 Å². The number of hydrogen-bond donors (Lipinski definition) is 2. The van der Waals surface area contributed by atoms with Gasteiger partial charge in [0, 0.05) is 25.7 Å². The van der Waals surface area contributed by atoms with Gasteiger partial charge in [0.2, 0.25) is 0 Å². The molecule has 1 aromatic carbocycles. The zero-order valence-corrected chi connectivity index (χ0v) is 15.3. The fraction of sp³-hybridized carbons (Fsp3) is 0.421. The summed E-state index contributed by atoms with van der Waals surface area (Å²) in [6.45, 7) is 1.98. The summed E-state index contributed by atoms with van der Waals surface area (Å²) in [6, 6.07) is 9.73. The third kappa shape index (κ3) is 3.47. The van der Waals surface area contributed by atoms with Crippen molar-refractivity contribution < 1.29 is 14.3 Å². The van der Waals surface area contributed by atoms with Crippen LogP contribution in [0.15, 0.2) is 36.5 Å². The summed E-state index contributed by atoms with van der Waals surface area (Å²) >= 11 is 0. The van der Waals surface area contributed by atoms with Crippen molar-refractivity contribution in [3.8, 4) is 11.3 Å². The van der Waals surface area contributed by atoms with Crippen LogP contribution >= 0.6 is 0 Å². The molecule has 2 aliphatic heterocycles. The molecular weight excluding hydrogens is 346 g/mol. The van der Waals surface area contributed by atoms with Gasteiger partial charge in [0.25, 0.3) is 0 Å². The van der Waals surface area contributed by atoms with Crippen LogP contribution in [0, 0.1) is 0 Å². The molecule has 8 heteroatoms. The Bertz CT molecular complexity index is 837. The minimum absolute atomic E-state index is 0.153. The SMILES string of the molecule is CN1C[C@]2(CCCN(C(=O)NCc3cn[nH]c3-c3ccccc3)C2)OC1=O. The van der Waals surface area contributed by atoms with E-state index in [1.165, 1.54) is 0 Å². The van der Waals surface area contributed by atoms with Gasteiger partial charge >= 0.3 is 12.1 Å². The highest BCUT2D eigenvalue weighted by molar-refractivity contribution is 5.75. The first-order chi connectivity index (χ1) is 13.1. The van der Waals surface area contributed by atoms with Crippen molar-refractivity contribution in [1.82, 2.24) is 25.3 Å². The molecule has 8 nitrogen and oxygen atoms in total. The van der Waals surface area contributed by atoms with Gasteiger partial charge in [-0.2, -0.15) is 5.10 Å². The molecule has 1 atom stereocenters. The highest BCUT2D eigenvalue weighted by atomic mass is 16.6. The van der Waals surface area contributed by atoms with Crippen LogP contribution in [0.4, 0.5) is 9.59 Å². The van der Waals surface area contributed by atoms with E-state index in [9.17, 15) is 9.59 Å². The summed E-state index contributed by atoms with van der Waals surface area (Å²) in [7, 11) is 1.72. The molecular formula is C19H23N5O3. The van der Waals surface area contributed by atoms with Gasteiger partial charge in [0.15, 0.2) is 0 Å². The van der Waals surface area contributed by atoms with Crippen LogP contribution in [0.1, 0.15) is 18.4 Å². The normalized spacial score (nSPS) is 22.2. The zero-order chi connectivity index (χ0) is 18.9. The van der Waals surface area contributed by atoms with Gasteiger partial charge in [-0.05, 0) is 18.4 Å². The molecule has 2 N–H and O–H groups in total. The largest absolute Gasteiger partial charge is 0.439 e. The predicted octanol–water partition coefficient (Wildman–Crippen LogP) is 2.20. The number of piperidine rings is 1. The van der Waals surface area contributed by atoms with Gasteiger partial charge in [-0.3, -0.25) is 5.10 Å². The number of amides is 3. The molecule has 2 saturated heterocycles. The average molecular weight is 369 g/mol. The van der Waals surface area contributed by atoms with Crippen LogP contribution in [-0.2, 0) is 11.3 Å². The molecule has 0 aliphatic carbocycles. The van der Waals surface area contributed by atoms with Gasteiger partial charge in [-0.25, -0.2) is 9.59 Å². The van der Waals surface area contributed by atoms with Crippen LogP contribution in [0.25, 0.3) is 11.3 Å². The van der Waals surface area contributed by atoms with E-state index in [0.29, 0.717) is 26.2 Å². The second-order valence-corrected chi connectivity index (χ2v) is 7.23. The van der Waals surface area contributed by atoms with Gasteiger partial charge < -0.3 is 19.9 Å². The second-order valence-electron chi connectivity index (χ2n) is 7.23. The summed E-state index contributed by atoms with van der Waals surface area (Å²) in [6.07, 6.45) is 3.01. The molecule has 142 valence electrons. The van der Waals surface area contributed by atoms with Crippen molar-refractivity contribution in [2.75, 3.05) is 26.7 Å². The molecule has 2 aliphatic rings. The Morgan fingerprint density at radius 3 is 2.89 bits per heavy atom. The Labute approximate surface area is 157 Å². The number of rotatable bonds is 3. The quantitative estimate of drug-likeness (QED) is 0.868. The lowest BCUT2D eigenvalue weighted by Gasteiger charge is -2.38. The molecule has 2 aromatic rings. The number of nitrogens with one attached hydrogen (secondary N) is 2. The smallest absolute Gasteiger partial charge is 0.410 e. The number of nitrogens with zero attached hydrogens (tertiary/aromatic N) is 3. The standard InChI is InChI=1S/C19H23N5O3/c1-23-12-19(27-18(23)26)8-5-9-24(13-19)17(25)20-10-15-11-21-22-16(15)14-6-3-2-4-7-14/h2-4,6-7,11H,5,8-10,12-13H2,1H3,(H,20,25)(H,21,22)/t19-/m0/s1. The molecule has 0 saturated carbocycles. The lowest BCUT2D eigenvalue weighted by molar-refractivity contribution is 0.00318. The number of likely N-dealkylation sites (N-methyl/N-ethyl adjacent to an activating group) is 1. The number of ether oxygens (including phenoxy) is 1. The summed E-state index contributed by atoms with van der Waals surface area (Å²) in [5, 5.41) is 10.1. The third-order valence-corrected chi connectivity index (χ3v) is 5.18. The molecule has 1 aromatic heterocycles. The lowest BCUT2D eigenvalue weighted by atomic mass is 9.93. The molecule has 0 bridgehead atoms. The van der Waals surface area contributed by atoms with Gasteiger partial charge in [-0.15, -0.1) is 0 Å². The minimum atomic E-state index is -0.577. The number of carbonyl (C=O) groups is 2. The van der Waals surface area contributed by atoms with E-state index in [2.05, 4.69) is 15.5 Å². The second kappa shape index (κ2) is 6.94. The molecule has 3 heterocycles. The highest BCUT2D eigenvalue weighted by Crippen LogP contribution is 2.31. The number of H-pyrrole nitrogens is 1. The van der Waals surface area contributed by atoms with Crippen molar-refractivity contribution in [2.24, 2.45) is 0 Å². The van der Waals surface area contributed by atoms with Crippen molar-refractivity contribution >= 4 is 12.1 Å². The Kier molecular flexibility index (Phi) is 4.47. The van der Waals surface area contributed by atoms with Crippen LogP contribution in [0.3, 0.4) is 0 Å². The first kappa shape index (κ1) is 17.4. The zero-order valence-electron chi connectivity index (χ0n) is 15.3. The fourth-order valence-corrected chi connectivity index (χ4v) is 3.86. The van der Waals surface area contributed by atoms with Gasteiger partial charge in [-0.1, -0.05) is 30.3 Å². The van der Waals surface area contributed by atoms with Crippen LogP contribution in [0.2, 0.25) is 0 Å². The Balaban J connectivity index is 1.39. The molecule has 27 heavy (non-hydrogen) atoms. The maximum absolute atomic E-state index is 12.7. The Morgan fingerprint density at radius 1 is 1.33 bits per heavy atom. The van der Waals surface area contributed by atoms with E-state index < -0.39 is 5.60 Å². The first-order valence-corrected chi connectivity index (χ1v) is 9.11. The molecule has 4 rings (SSSR count). The lowest BCUT2D eigenvalue weighted by Crippen LogP contribution is -2.54. The maximum atomic E-state index is 12.7. The van der Waals surface area contributed by atoms with Crippen LogP contribution in [0.5, 0.6) is 0 Å².